The quantitative estimate of drug-likeness (QED) is 0.362. The molecule has 2 unspecified atom stereocenters. The maximum absolute atomic E-state index is 11.0. The summed E-state index contributed by atoms with van der Waals surface area (Å²) >= 11 is 0. The van der Waals surface area contributed by atoms with Crippen LogP contribution in [0.4, 0.5) is 0 Å². The average Bonchev–Trinajstić information content (AvgIpc) is 2.80. The number of rotatable bonds is 4. The van der Waals surface area contributed by atoms with E-state index in [1.165, 1.54) is 13.0 Å². The monoisotopic (exact) mass is 184 g/mol. The van der Waals surface area contributed by atoms with E-state index in [-0.39, 0.29) is 17.9 Å². The van der Waals surface area contributed by atoms with Crippen molar-refractivity contribution in [2.45, 2.75) is 26.1 Å². The third-order valence-corrected chi connectivity index (χ3v) is 1.57. The van der Waals surface area contributed by atoms with Gasteiger partial charge in [0.1, 0.15) is 6.10 Å². The summed E-state index contributed by atoms with van der Waals surface area (Å²) in [6.07, 6.45) is 2.19. The number of carbonyl (C=O) groups excluding carboxylic acids is 2. The molecule has 13 heavy (non-hydrogen) atoms. The first kappa shape index (κ1) is 9.92. The van der Waals surface area contributed by atoms with E-state index in [1.807, 2.05) is 0 Å². The second-order valence-corrected chi connectivity index (χ2v) is 2.74. The second-order valence-electron chi connectivity index (χ2n) is 2.74. The summed E-state index contributed by atoms with van der Waals surface area (Å²) in [6.45, 7) is 3.53. The van der Waals surface area contributed by atoms with E-state index in [9.17, 15) is 9.59 Å². The van der Waals surface area contributed by atoms with Crippen molar-refractivity contribution in [1.82, 2.24) is 0 Å². The van der Waals surface area contributed by atoms with Crippen molar-refractivity contribution in [3.8, 4) is 0 Å². The van der Waals surface area contributed by atoms with Crippen LogP contribution in [0.1, 0.15) is 13.8 Å². The van der Waals surface area contributed by atoms with E-state index >= 15 is 0 Å². The van der Waals surface area contributed by atoms with Crippen molar-refractivity contribution in [3.05, 3.63) is 12.2 Å². The van der Waals surface area contributed by atoms with Gasteiger partial charge in [0.25, 0.3) is 0 Å². The number of ether oxygens (including phenoxy) is 2. The number of epoxide rings is 1. The largest absolute Gasteiger partial charge is 0.464 e. The Bertz CT molecular complexity index is 244. The van der Waals surface area contributed by atoms with Gasteiger partial charge in [0.05, 0.1) is 6.61 Å². The molecule has 1 heterocycles. The van der Waals surface area contributed by atoms with Crippen LogP contribution in [0, 0.1) is 0 Å². The molecule has 1 rings (SSSR count). The van der Waals surface area contributed by atoms with E-state index < -0.39 is 6.10 Å². The Morgan fingerprint density at radius 1 is 1.54 bits per heavy atom. The van der Waals surface area contributed by atoms with E-state index in [0.717, 1.165) is 0 Å². The van der Waals surface area contributed by atoms with Gasteiger partial charge in [0.2, 0.25) is 0 Å². The molecule has 0 N–H and O–H groups in total. The van der Waals surface area contributed by atoms with E-state index in [2.05, 4.69) is 0 Å². The topological polar surface area (TPSA) is 55.9 Å². The molecule has 0 aromatic carbocycles. The van der Waals surface area contributed by atoms with Crippen LogP contribution >= 0.6 is 0 Å². The number of carbonyl (C=O) groups is 2. The molecule has 2 atom stereocenters. The third kappa shape index (κ3) is 2.99. The summed E-state index contributed by atoms with van der Waals surface area (Å²) in [4.78, 5) is 21.5. The van der Waals surface area contributed by atoms with Gasteiger partial charge >= 0.3 is 5.97 Å². The summed E-state index contributed by atoms with van der Waals surface area (Å²) < 4.78 is 9.69. The van der Waals surface area contributed by atoms with Gasteiger partial charge in [-0.25, -0.2) is 4.79 Å². The zero-order chi connectivity index (χ0) is 9.84. The Morgan fingerprint density at radius 3 is 2.77 bits per heavy atom. The van der Waals surface area contributed by atoms with Gasteiger partial charge in [0.15, 0.2) is 11.9 Å². The van der Waals surface area contributed by atoms with Crippen molar-refractivity contribution in [2.75, 3.05) is 6.61 Å². The van der Waals surface area contributed by atoms with Crippen LogP contribution in [0.5, 0.6) is 0 Å². The van der Waals surface area contributed by atoms with E-state index in [1.54, 1.807) is 13.0 Å². The number of allylic oxidation sites excluding steroid dienone is 1. The minimum Gasteiger partial charge on any atom is -0.464 e. The lowest BCUT2D eigenvalue weighted by molar-refractivity contribution is -0.144. The molecule has 0 spiro atoms. The van der Waals surface area contributed by atoms with Crippen molar-refractivity contribution < 1.29 is 19.1 Å². The molecule has 1 saturated heterocycles. The fraction of sp³-hybridized carbons (Fsp3) is 0.556. The molecule has 1 aliphatic rings. The fourth-order valence-corrected chi connectivity index (χ4v) is 0.915. The summed E-state index contributed by atoms with van der Waals surface area (Å²) in [5, 5.41) is 0. The third-order valence-electron chi connectivity index (χ3n) is 1.57. The number of esters is 1. The Morgan fingerprint density at radius 2 is 2.23 bits per heavy atom. The number of hydrogen-bond acceptors (Lipinski definition) is 4. The molecule has 0 aromatic heterocycles. The van der Waals surface area contributed by atoms with Crippen molar-refractivity contribution >= 4 is 11.8 Å². The second kappa shape index (κ2) is 4.18. The first-order valence-electron chi connectivity index (χ1n) is 4.16. The maximum atomic E-state index is 11.0. The zero-order valence-electron chi connectivity index (χ0n) is 7.65. The van der Waals surface area contributed by atoms with E-state index in [4.69, 9.17) is 9.47 Å². The predicted molar refractivity (Wildman–Crippen MR) is 45.1 cm³/mol. The van der Waals surface area contributed by atoms with Gasteiger partial charge in [-0.05, 0) is 26.0 Å². The van der Waals surface area contributed by atoms with Gasteiger partial charge in [-0.3, -0.25) is 4.79 Å². The van der Waals surface area contributed by atoms with Crippen LogP contribution in [-0.2, 0) is 19.1 Å². The minimum atomic E-state index is -0.504. The Labute approximate surface area is 76.5 Å². The number of ketones is 1. The molecule has 72 valence electrons. The lowest BCUT2D eigenvalue weighted by Gasteiger charge is -1.94. The molecule has 1 aliphatic heterocycles. The van der Waals surface area contributed by atoms with Crippen molar-refractivity contribution in [2.24, 2.45) is 0 Å². The normalized spacial score (nSPS) is 26.0. The summed E-state index contributed by atoms with van der Waals surface area (Å²) in [5.41, 5.74) is 0. The van der Waals surface area contributed by atoms with Crippen LogP contribution in [0.3, 0.4) is 0 Å². The first-order chi connectivity index (χ1) is 6.15. The highest BCUT2D eigenvalue weighted by molar-refractivity contribution is 5.87. The lowest BCUT2D eigenvalue weighted by atomic mass is 10.2. The van der Waals surface area contributed by atoms with Gasteiger partial charge in [-0.1, -0.05) is 0 Å². The predicted octanol–water partition coefficient (Wildman–Crippen LogP) is 0.462. The molecule has 0 amide bonds. The minimum absolute atomic E-state index is 0.0573. The molecule has 4 heteroatoms. The van der Waals surface area contributed by atoms with Crippen LogP contribution < -0.4 is 0 Å². The molecule has 4 nitrogen and oxygen atoms in total. The summed E-state index contributed by atoms with van der Waals surface area (Å²) in [7, 11) is 0. The van der Waals surface area contributed by atoms with Gasteiger partial charge in [-0.15, -0.1) is 0 Å². The van der Waals surface area contributed by atoms with Gasteiger partial charge in [-0.2, -0.15) is 0 Å². The molecule has 0 bridgehead atoms. The van der Waals surface area contributed by atoms with Crippen molar-refractivity contribution in [1.29, 1.82) is 0 Å². The van der Waals surface area contributed by atoms with Crippen LogP contribution in [0.2, 0.25) is 0 Å². The highest BCUT2D eigenvalue weighted by Crippen LogP contribution is 2.24. The van der Waals surface area contributed by atoms with Crippen LogP contribution in [-0.4, -0.2) is 30.6 Å². The van der Waals surface area contributed by atoms with E-state index in [0.29, 0.717) is 6.61 Å². The van der Waals surface area contributed by atoms with Crippen LogP contribution in [0.15, 0.2) is 12.2 Å². The Balaban J connectivity index is 2.30. The van der Waals surface area contributed by atoms with Crippen molar-refractivity contribution in [3.63, 3.8) is 0 Å². The average molecular weight is 184 g/mol. The van der Waals surface area contributed by atoms with Crippen LogP contribution in [0.25, 0.3) is 0 Å². The Hall–Kier alpha value is -1.16. The summed E-state index contributed by atoms with van der Waals surface area (Å²) in [6, 6.07) is 0. The molecular formula is C9H12O4. The van der Waals surface area contributed by atoms with Gasteiger partial charge in [0, 0.05) is 0 Å². The first-order valence-corrected chi connectivity index (χ1v) is 4.16. The lowest BCUT2D eigenvalue weighted by Crippen LogP contribution is -2.13. The molecule has 0 aromatic rings. The summed E-state index contributed by atoms with van der Waals surface area (Å²) in [5.74, 6) is -0.418. The highest BCUT2D eigenvalue weighted by atomic mass is 16.6. The number of hydrogen-bond donors (Lipinski definition) is 0. The highest BCUT2D eigenvalue weighted by Gasteiger charge is 2.44. The maximum Gasteiger partial charge on any atom is 0.338 e. The molecule has 0 aliphatic carbocycles. The van der Waals surface area contributed by atoms with Gasteiger partial charge < -0.3 is 9.47 Å². The fourth-order valence-electron chi connectivity index (χ4n) is 0.915. The standard InChI is InChI=1S/C9H12O4/c1-3-12-9(11)8-7(13-8)5-4-6(2)10/h4-5,7-8H,3H2,1-2H3. The SMILES string of the molecule is CCOC(=O)C1OC1C=CC(C)=O. The molecule has 1 fully saturated rings. The molecule has 0 radical (unpaired) electrons. The molecular weight excluding hydrogens is 172 g/mol. The smallest absolute Gasteiger partial charge is 0.338 e. The zero-order valence-corrected chi connectivity index (χ0v) is 7.65. The Kier molecular flexibility index (Phi) is 3.19. The molecule has 0 saturated carbocycles.